The highest BCUT2D eigenvalue weighted by atomic mass is 32.2. The second kappa shape index (κ2) is 14.9. The maximum Gasteiger partial charge on any atom is 0.294 e. The summed E-state index contributed by atoms with van der Waals surface area (Å²) in [6.45, 7) is 7.64. The van der Waals surface area contributed by atoms with Gasteiger partial charge in [-0.15, -0.1) is 0 Å². The molecule has 0 saturated carbocycles. The van der Waals surface area contributed by atoms with Gasteiger partial charge in [0.25, 0.3) is 40.5 Å². The lowest BCUT2D eigenvalue weighted by Gasteiger charge is -2.21. The standard InChI is InChI=1S/C36H40N2O13S4/c1-35(2)28-22-26(54(46,47)48)10-12-30(28)37(17-5-19-52(40,41)42)33(35)15-8-24-7-14-32(39)25(21-24)9-16-34-36(3,4)29-23-27(55(49,50)51)11-13-31(29)38(34)18-6-20-53(43,44)45/h7-16,21-23H,5-6,17-20H2,1-4H3,(H3-,40,41,42,43,44,45,46,47,48,49,50,51)/p+2. The van der Waals surface area contributed by atoms with Gasteiger partial charge >= 0.3 is 0 Å². The Labute approximate surface area is 320 Å². The molecule has 0 amide bonds. The fourth-order valence-corrected chi connectivity index (χ4v) is 9.27. The number of allylic oxidation sites excluding steroid dienone is 10. The summed E-state index contributed by atoms with van der Waals surface area (Å²) in [5, 5.41) is 0. The Kier molecular flexibility index (Phi) is 11.4. The van der Waals surface area contributed by atoms with Crippen molar-refractivity contribution in [2.24, 2.45) is 0 Å². The van der Waals surface area contributed by atoms with E-state index in [0.29, 0.717) is 44.4 Å². The number of benzene rings is 2. The molecule has 2 aromatic carbocycles. The van der Waals surface area contributed by atoms with Gasteiger partial charge in [0.15, 0.2) is 11.5 Å². The molecule has 2 aliphatic heterocycles. The first-order valence-corrected chi connectivity index (χ1v) is 23.0. The summed E-state index contributed by atoms with van der Waals surface area (Å²) in [6.07, 6.45) is 11.5. The van der Waals surface area contributed by atoms with Crippen LogP contribution in [-0.2, 0) is 56.1 Å². The maximum absolute atomic E-state index is 13.1. The summed E-state index contributed by atoms with van der Waals surface area (Å²) in [5.41, 5.74) is 2.80. The first-order chi connectivity index (χ1) is 25.2. The van der Waals surface area contributed by atoms with Crippen molar-refractivity contribution in [3.63, 3.8) is 0 Å². The smallest absolute Gasteiger partial charge is 0.289 e. The van der Waals surface area contributed by atoms with Crippen molar-refractivity contribution < 1.29 is 66.2 Å². The van der Waals surface area contributed by atoms with E-state index < -0.39 is 62.8 Å². The van der Waals surface area contributed by atoms with Gasteiger partial charge in [0.05, 0.1) is 38.7 Å². The summed E-state index contributed by atoms with van der Waals surface area (Å²) < 4.78 is 134. The molecule has 15 nitrogen and oxygen atoms in total. The molecule has 0 aromatic heterocycles. The summed E-state index contributed by atoms with van der Waals surface area (Å²) in [6, 6.07) is 8.25. The SMILES string of the molecule is CC1(C)C(C=CC2=CC(=CC=C3[NH+](CCCS(=O)(=O)O)c4ccc(S(=O)(=O)O)cc4C3(C)C)C(=O)C=C2)=[N+](CCCS(=O)(=O)O)c2ccc(S(=O)(=O)O)cc21. The Hall–Kier alpha value is -3.92. The minimum absolute atomic E-state index is 0.0383. The number of carbonyl (C=O) groups is 1. The summed E-state index contributed by atoms with van der Waals surface area (Å²) in [5.74, 6) is -1.34. The number of rotatable bonds is 13. The van der Waals surface area contributed by atoms with E-state index >= 15 is 0 Å². The zero-order valence-electron chi connectivity index (χ0n) is 30.3. The van der Waals surface area contributed by atoms with Crippen molar-refractivity contribution in [3.8, 4) is 0 Å². The topological polar surface area (TPSA) is 242 Å². The third-order valence-electron chi connectivity index (χ3n) is 9.96. The molecule has 0 saturated heterocycles. The largest absolute Gasteiger partial charge is 0.294 e. The molecule has 0 spiro atoms. The van der Waals surface area contributed by atoms with E-state index in [9.17, 15) is 56.7 Å². The van der Waals surface area contributed by atoms with Crippen molar-refractivity contribution in [1.82, 2.24) is 0 Å². The van der Waals surface area contributed by atoms with E-state index in [0.717, 1.165) is 0 Å². The lowest BCUT2D eigenvalue weighted by atomic mass is 9.81. The average molecular weight is 839 g/mol. The average Bonchev–Trinajstić information content (AvgIpc) is 3.39. The van der Waals surface area contributed by atoms with Crippen LogP contribution in [0.2, 0.25) is 0 Å². The van der Waals surface area contributed by atoms with E-state index in [2.05, 4.69) is 0 Å². The predicted molar refractivity (Wildman–Crippen MR) is 203 cm³/mol. The van der Waals surface area contributed by atoms with Crippen molar-refractivity contribution in [2.45, 2.75) is 61.2 Å². The highest BCUT2D eigenvalue weighted by molar-refractivity contribution is 7.86. The molecule has 1 atom stereocenters. The quantitative estimate of drug-likeness (QED) is 0.111. The number of nitrogens with zero attached hydrogens (tertiary/aromatic N) is 1. The lowest BCUT2D eigenvalue weighted by Crippen LogP contribution is -3.05. The van der Waals surface area contributed by atoms with Crippen molar-refractivity contribution in [1.29, 1.82) is 0 Å². The Bertz CT molecular complexity index is 2610. The van der Waals surface area contributed by atoms with Gasteiger partial charge in [-0.25, -0.2) is 0 Å². The minimum Gasteiger partial charge on any atom is -0.289 e. The van der Waals surface area contributed by atoms with E-state index in [1.54, 1.807) is 41.0 Å². The van der Waals surface area contributed by atoms with Gasteiger partial charge in [0.1, 0.15) is 17.9 Å². The zero-order valence-corrected chi connectivity index (χ0v) is 33.6. The van der Waals surface area contributed by atoms with Crippen LogP contribution in [0.5, 0.6) is 0 Å². The van der Waals surface area contributed by atoms with E-state index in [1.165, 1.54) is 42.5 Å². The summed E-state index contributed by atoms with van der Waals surface area (Å²) in [4.78, 5) is 13.2. The monoisotopic (exact) mass is 838 g/mol. The minimum atomic E-state index is -4.54. The summed E-state index contributed by atoms with van der Waals surface area (Å²) in [7, 11) is -17.6. The highest BCUT2D eigenvalue weighted by Crippen LogP contribution is 2.42. The van der Waals surface area contributed by atoms with Crippen molar-refractivity contribution >= 4 is 63.3 Å². The molecule has 0 bridgehead atoms. The van der Waals surface area contributed by atoms with Crippen molar-refractivity contribution in [3.05, 3.63) is 107 Å². The Morgan fingerprint density at radius 1 is 0.709 bits per heavy atom. The molecular weight excluding hydrogens is 797 g/mol. The molecule has 55 heavy (non-hydrogen) atoms. The van der Waals surface area contributed by atoms with E-state index in [1.807, 2.05) is 27.7 Å². The van der Waals surface area contributed by atoms with Crippen LogP contribution >= 0.6 is 0 Å². The van der Waals surface area contributed by atoms with Crippen LogP contribution in [-0.4, -0.2) is 92.5 Å². The van der Waals surface area contributed by atoms with Crippen LogP contribution in [0, 0.1) is 0 Å². The third-order valence-corrected chi connectivity index (χ3v) is 13.3. The second-order valence-electron chi connectivity index (χ2n) is 14.5. The van der Waals surface area contributed by atoms with Gasteiger partial charge in [-0.2, -0.15) is 38.2 Å². The number of fused-ring (bicyclic) bond motifs is 2. The van der Waals surface area contributed by atoms with Gasteiger partial charge in [-0.05, 0) is 87.9 Å². The van der Waals surface area contributed by atoms with Crippen LogP contribution in [0.25, 0.3) is 0 Å². The third kappa shape index (κ3) is 9.38. The summed E-state index contributed by atoms with van der Waals surface area (Å²) >= 11 is 0. The molecule has 5 N–H and O–H groups in total. The van der Waals surface area contributed by atoms with Gasteiger partial charge in [-0.3, -0.25) is 27.9 Å². The van der Waals surface area contributed by atoms with Gasteiger partial charge in [0, 0.05) is 47.8 Å². The zero-order chi connectivity index (χ0) is 40.9. The first kappa shape index (κ1) is 42.2. The Morgan fingerprint density at radius 3 is 1.89 bits per heavy atom. The van der Waals surface area contributed by atoms with Crippen LogP contribution in [0.1, 0.15) is 51.7 Å². The van der Waals surface area contributed by atoms with Crippen LogP contribution in [0.3, 0.4) is 0 Å². The molecular formula is C36H42N2O13S4+2. The van der Waals surface area contributed by atoms with Gasteiger partial charge in [-0.1, -0.05) is 6.08 Å². The molecule has 0 radical (unpaired) electrons. The number of nitrogens with one attached hydrogen (secondary N) is 1. The molecule has 0 fully saturated rings. The molecule has 2 heterocycles. The number of carbonyl (C=O) groups excluding carboxylic acids is 1. The van der Waals surface area contributed by atoms with Crippen LogP contribution in [0.4, 0.5) is 11.4 Å². The molecule has 5 rings (SSSR count). The fraction of sp³-hybridized carbons (Fsp3) is 0.333. The van der Waals surface area contributed by atoms with E-state index in [-0.39, 0.29) is 47.1 Å². The molecule has 2 aromatic rings. The number of hydrogen-bond donors (Lipinski definition) is 5. The first-order valence-electron chi connectivity index (χ1n) is 16.9. The van der Waals surface area contributed by atoms with Gasteiger partial charge < -0.3 is 0 Å². The molecule has 1 aliphatic carbocycles. The normalized spacial score (nSPS) is 21.1. The number of hydrogen-bond acceptors (Lipinski definition) is 9. The molecule has 296 valence electrons. The lowest BCUT2D eigenvalue weighted by molar-refractivity contribution is -0.788. The Morgan fingerprint density at radius 2 is 1.29 bits per heavy atom. The Balaban J connectivity index is 1.54. The molecule has 3 aliphatic rings. The van der Waals surface area contributed by atoms with E-state index in [4.69, 9.17) is 0 Å². The molecule has 19 heteroatoms. The number of quaternary nitrogens is 1. The predicted octanol–water partition coefficient (Wildman–Crippen LogP) is 3.05. The second-order valence-corrected chi connectivity index (χ2v) is 20.5. The fourth-order valence-electron chi connectivity index (χ4n) is 7.25. The maximum atomic E-state index is 13.1. The van der Waals surface area contributed by atoms with Gasteiger partial charge in [0.2, 0.25) is 5.69 Å². The number of ketones is 1. The molecule has 1 unspecified atom stereocenters. The van der Waals surface area contributed by atoms with Crippen LogP contribution in [0.15, 0.2) is 106 Å². The van der Waals surface area contributed by atoms with Crippen LogP contribution < -0.4 is 4.90 Å². The highest BCUT2D eigenvalue weighted by Gasteiger charge is 2.46. The van der Waals surface area contributed by atoms with Crippen molar-refractivity contribution in [2.75, 3.05) is 24.6 Å².